The zero-order valence-corrected chi connectivity index (χ0v) is 17.0. The highest BCUT2D eigenvalue weighted by Gasteiger charge is 2.16. The molecule has 2 rings (SSSR count). The molecule has 0 fully saturated rings. The van der Waals surface area contributed by atoms with Crippen molar-refractivity contribution in [3.05, 3.63) is 47.5 Å². The molecule has 1 atom stereocenters. The summed E-state index contributed by atoms with van der Waals surface area (Å²) in [5.74, 6) is 3.08. The van der Waals surface area contributed by atoms with Crippen molar-refractivity contribution in [1.29, 1.82) is 0 Å². The Hall–Kier alpha value is -2.86. The van der Waals surface area contributed by atoms with Gasteiger partial charge in [-0.05, 0) is 42.3 Å². The van der Waals surface area contributed by atoms with E-state index in [4.69, 9.17) is 28.8 Å². The molecule has 0 aliphatic heterocycles. The summed E-state index contributed by atoms with van der Waals surface area (Å²) < 4.78 is 27.7. The molecule has 1 N–H and O–H groups in total. The molecule has 0 bridgehead atoms. The Morgan fingerprint density at radius 2 is 1.50 bits per heavy atom. The van der Waals surface area contributed by atoms with Crippen molar-refractivity contribution in [2.45, 2.75) is 19.4 Å². The van der Waals surface area contributed by atoms with Gasteiger partial charge in [0.1, 0.15) is 6.10 Å². The summed E-state index contributed by atoms with van der Waals surface area (Å²) >= 11 is 0. The molecule has 0 aromatic heterocycles. The summed E-state index contributed by atoms with van der Waals surface area (Å²) in [5, 5.41) is 8.91. The molecule has 0 aliphatic carbocycles. The number of hydrogen-bond acceptors (Lipinski definition) is 6. The van der Waals surface area contributed by atoms with Gasteiger partial charge in [-0.1, -0.05) is 18.2 Å². The lowest BCUT2D eigenvalue weighted by Gasteiger charge is -2.19. The highest BCUT2D eigenvalue weighted by Crippen LogP contribution is 2.38. The first kappa shape index (κ1) is 21.4. The molecule has 2 aromatic rings. The van der Waals surface area contributed by atoms with Crippen molar-refractivity contribution in [1.82, 2.24) is 0 Å². The van der Waals surface area contributed by atoms with Crippen molar-refractivity contribution in [2.75, 3.05) is 35.0 Å². The molecule has 0 unspecified atom stereocenters. The van der Waals surface area contributed by atoms with E-state index in [0.717, 1.165) is 11.1 Å². The molecule has 28 heavy (non-hydrogen) atoms. The summed E-state index contributed by atoms with van der Waals surface area (Å²) in [7, 11) is 6.38. The number of aliphatic hydroxyl groups excluding tert-OH is 1. The Morgan fingerprint density at radius 3 is 2.04 bits per heavy atom. The van der Waals surface area contributed by atoms with Crippen LogP contribution in [0.4, 0.5) is 0 Å². The van der Waals surface area contributed by atoms with Crippen molar-refractivity contribution in [2.24, 2.45) is 0 Å². The second-order valence-corrected chi connectivity index (χ2v) is 6.16. The second-order valence-electron chi connectivity index (χ2n) is 6.16. The number of methoxy groups -OCH3 is 4. The van der Waals surface area contributed by atoms with E-state index in [0.29, 0.717) is 35.2 Å². The predicted octanol–water partition coefficient (Wildman–Crippen LogP) is 3.74. The Morgan fingerprint density at radius 1 is 0.857 bits per heavy atom. The maximum atomic E-state index is 8.91. The van der Waals surface area contributed by atoms with Gasteiger partial charge in [0.15, 0.2) is 23.0 Å². The predicted molar refractivity (Wildman–Crippen MR) is 109 cm³/mol. The largest absolute Gasteiger partial charge is 0.493 e. The quantitative estimate of drug-likeness (QED) is 0.669. The van der Waals surface area contributed by atoms with Crippen LogP contribution in [0.2, 0.25) is 0 Å². The molecule has 0 saturated heterocycles. The van der Waals surface area contributed by atoms with Crippen LogP contribution in [0.1, 0.15) is 18.1 Å². The van der Waals surface area contributed by atoms with Crippen LogP contribution in [0, 0.1) is 0 Å². The standard InChI is InChI=1S/C22H28O6/c1-15(11-17-13-20(25-3)22(27-5)21(14-17)26-4)28-18-9-8-16(7-6-10-23)12-19(18)24-2/h6-9,12-15,23H,10-11H2,1-5H3/b7-6+/t15-/m1/s1. The SMILES string of the molecule is COc1cc(/C=C/CO)ccc1O[C@H](C)Cc1cc(OC)c(OC)c(OC)c1. The third kappa shape index (κ3) is 5.33. The highest BCUT2D eigenvalue weighted by molar-refractivity contribution is 5.56. The molecule has 6 heteroatoms. The Balaban J connectivity index is 2.18. The van der Waals surface area contributed by atoms with Gasteiger partial charge >= 0.3 is 0 Å². The Labute approximate surface area is 166 Å². The minimum absolute atomic E-state index is 0.00755. The van der Waals surface area contributed by atoms with Crippen molar-refractivity contribution < 1.29 is 28.8 Å². The molecule has 2 aromatic carbocycles. The van der Waals surface area contributed by atoms with E-state index in [2.05, 4.69) is 0 Å². The van der Waals surface area contributed by atoms with Crippen LogP contribution in [0.5, 0.6) is 28.7 Å². The lowest BCUT2D eigenvalue weighted by molar-refractivity contribution is 0.211. The molecular weight excluding hydrogens is 360 g/mol. The first-order valence-electron chi connectivity index (χ1n) is 8.97. The van der Waals surface area contributed by atoms with Gasteiger partial charge in [0.25, 0.3) is 0 Å². The monoisotopic (exact) mass is 388 g/mol. The van der Waals surface area contributed by atoms with Crippen LogP contribution in [0.25, 0.3) is 6.08 Å². The van der Waals surface area contributed by atoms with Crippen LogP contribution in [-0.4, -0.2) is 46.3 Å². The first-order valence-corrected chi connectivity index (χ1v) is 8.97. The average molecular weight is 388 g/mol. The van der Waals surface area contributed by atoms with Crippen LogP contribution in [0.15, 0.2) is 36.4 Å². The molecule has 0 radical (unpaired) electrons. The van der Waals surface area contributed by atoms with E-state index < -0.39 is 0 Å². The normalized spacial score (nSPS) is 11.9. The van der Waals surface area contributed by atoms with Gasteiger partial charge in [-0.15, -0.1) is 0 Å². The lowest BCUT2D eigenvalue weighted by Crippen LogP contribution is -2.16. The Kier molecular flexibility index (Phi) is 8.02. The smallest absolute Gasteiger partial charge is 0.203 e. The third-order valence-electron chi connectivity index (χ3n) is 4.18. The molecule has 6 nitrogen and oxygen atoms in total. The molecule has 0 aliphatic rings. The fourth-order valence-corrected chi connectivity index (χ4v) is 2.92. The van der Waals surface area contributed by atoms with Crippen molar-refractivity contribution in [3.63, 3.8) is 0 Å². The molecule has 0 amide bonds. The van der Waals surface area contributed by atoms with Gasteiger partial charge in [0.05, 0.1) is 35.0 Å². The third-order valence-corrected chi connectivity index (χ3v) is 4.18. The van der Waals surface area contributed by atoms with Gasteiger partial charge in [-0.25, -0.2) is 0 Å². The molecular formula is C22H28O6. The van der Waals surface area contributed by atoms with Gasteiger partial charge < -0.3 is 28.8 Å². The average Bonchev–Trinajstić information content (AvgIpc) is 2.71. The number of hydrogen-bond donors (Lipinski definition) is 1. The Bertz CT molecular complexity index is 775. The molecule has 0 spiro atoms. The van der Waals surface area contributed by atoms with E-state index >= 15 is 0 Å². The second kappa shape index (κ2) is 10.5. The van der Waals surface area contributed by atoms with E-state index in [-0.39, 0.29) is 12.7 Å². The number of aliphatic hydroxyl groups is 1. The number of benzene rings is 2. The molecule has 0 heterocycles. The minimum atomic E-state index is -0.115. The summed E-state index contributed by atoms with van der Waals surface area (Å²) in [6.45, 7) is 1.98. The van der Waals surface area contributed by atoms with E-state index in [9.17, 15) is 0 Å². The van der Waals surface area contributed by atoms with Crippen LogP contribution >= 0.6 is 0 Å². The van der Waals surface area contributed by atoms with E-state index in [1.54, 1.807) is 34.5 Å². The maximum Gasteiger partial charge on any atom is 0.203 e. The van der Waals surface area contributed by atoms with Gasteiger partial charge in [-0.2, -0.15) is 0 Å². The fraction of sp³-hybridized carbons (Fsp3) is 0.364. The summed E-state index contributed by atoms with van der Waals surface area (Å²) in [6.07, 6.45) is 4.02. The number of ether oxygens (including phenoxy) is 5. The summed E-state index contributed by atoms with van der Waals surface area (Å²) in [5.41, 5.74) is 1.93. The molecule has 152 valence electrons. The lowest BCUT2D eigenvalue weighted by atomic mass is 10.1. The van der Waals surface area contributed by atoms with E-state index in [1.807, 2.05) is 43.3 Å². The topological polar surface area (TPSA) is 66.4 Å². The minimum Gasteiger partial charge on any atom is -0.493 e. The number of rotatable bonds is 10. The van der Waals surface area contributed by atoms with Crippen LogP contribution < -0.4 is 23.7 Å². The highest BCUT2D eigenvalue weighted by atomic mass is 16.5. The van der Waals surface area contributed by atoms with Gasteiger partial charge in [-0.3, -0.25) is 0 Å². The fourth-order valence-electron chi connectivity index (χ4n) is 2.92. The summed E-state index contributed by atoms with van der Waals surface area (Å²) in [6, 6.07) is 9.48. The maximum absolute atomic E-state index is 8.91. The van der Waals surface area contributed by atoms with Crippen molar-refractivity contribution >= 4 is 6.08 Å². The zero-order chi connectivity index (χ0) is 20.5. The van der Waals surface area contributed by atoms with Gasteiger partial charge in [0.2, 0.25) is 5.75 Å². The summed E-state index contributed by atoms with van der Waals surface area (Å²) in [4.78, 5) is 0. The van der Waals surface area contributed by atoms with Crippen LogP contribution in [-0.2, 0) is 6.42 Å². The van der Waals surface area contributed by atoms with Crippen LogP contribution in [0.3, 0.4) is 0 Å². The van der Waals surface area contributed by atoms with Gasteiger partial charge in [0, 0.05) is 6.42 Å². The zero-order valence-electron chi connectivity index (χ0n) is 17.0. The van der Waals surface area contributed by atoms with E-state index in [1.165, 1.54) is 0 Å². The first-order chi connectivity index (χ1) is 13.6. The molecule has 0 saturated carbocycles. The van der Waals surface area contributed by atoms with Crippen molar-refractivity contribution in [3.8, 4) is 28.7 Å².